The molecule has 4 amide bonds. The molecule has 0 atom stereocenters. The molecule has 1 saturated carbocycles. The first kappa shape index (κ1) is 41.2. The number of unbranched alkanes of at least 4 members (excludes halogenated alkanes) is 1. The zero-order valence-corrected chi connectivity index (χ0v) is 34.9. The Hall–Kier alpha value is -5.94. The molecule has 16 nitrogen and oxygen atoms in total. The maximum absolute atomic E-state index is 13.1. The van der Waals surface area contributed by atoms with E-state index >= 15 is 0 Å². The van der Waals surface area contributed by atoms with Gasteiger partial charge in [-0.05, 0) is 69.9 Å². The molecule has 2 fully saturated rings. The fraction of sp³-hybridized carbons (Fsp3) is 0.429. The topological polar surface area (TPSA) is 183 Å². The van der Waals surface area contributed by atoms with Gasteiger partial charge in [0, 0.05) is 75.7 Å². The fourth-order valence-electron chi connectivity index (χ4n) is 7.51. The number of para-hydroxylation sites is 1. The van der Waals surface area contributed by atoms with Crippen molar-refractivity contribution >= 4 is 74.3 Å². The number of hydrogen-bond acceptors (Lipinski definition) is 12. The van der Waals surface area contributed by atoms with E-state index in [9.17, 15) is 19.2 Å². The molecule has 4 aromatic heterocycles. The molecule has 0 radical (unpaired) electrons. The van der Waals surface area contributed by atoms with Crippen molar-refractivity contribution in [1.82, 2.24) is 39.6 Å². The van der Waals surface area contributed by atoms with Crippen LogP contribution in [-0.4, -0.2) is 111 Å². The summed E-state index contributed by atoms with van der Waals surface area (Å²) in [6.45, 7) is 7.64. The first-order chi connectivity index (χ1) is 28.5. The standard InChI is InChI=1S/C42H52N12O4S/c1-27-28(2)59-42(46-27)50-39(57)32-13-7-8-14-33(32)47-36(55)15-9-10-18-43-37(56)26-52-19-21-53(22-20-52)31-16-17-35(44-25-31)48-41-45-24-29-23-34(40(58)51(3)4)54(38(29)49-41)30-11-5-6-12-30/h7-8,13-14,16-17,23-25,30H,5-6,9-12,15,18-22,26H2,1-4H3,(H,43,56)(H,47,55)(H,46,50,57)(H,44,45,48,49). The lowest BCUT2D eigenvalue weighted by atomic mass is 10.1. The molecule has 1 aromatic carbocycles. The van der Waals surface area contributed by atoms with E-state index in [0.29, 0.717) is 59.8 Å². The lowest BCUT2D eigenvalue weighted by Crippen LogP contribution is -2.49. The van der Waals surface area contributed by atoms with E-state index in [4.69, 9.17) is 4.98 Å². The molecule has 0 unspecified atom stereocenters. The number of fused-ring (bicyclic) bond motifs is 1. The summed E-state index contributed by atoms with van der Waals surface area (Å²) < 4.78 is 2.10. The number of piperazine rings is 1. The summed E-state index contributed by atoms with van der Waals surface area (Å²) in [4.78, 5) is 76.8. The average molecular weight is 821 g/mol. The minimum absolute atomic E-state index is 0.0398. The summed E-state index contributed by atoms with van der Waals surface area (Å²) in [6.07, 6.45) is 9.44. The molecule has 0 bridgehead atoms. The van der Waals surface area contributed by atoms with Gasteiger partial charge < -0.3 is 30.3 Å². The number of anilines is 5. The van der Waals surface area contributed by atoms with E-state index in [2.05, 4.69) is 50.6 Å². The summed E-state index contributed by atoms with van der Waals surface area (Å²) in [5.41, 5.74) is 4.07. The number of thiazole rings is 1. The van der Waals surface area contributed by atoms with Crippen molar-refractivity contribution in [3.05, 3.63) is 76.7 Å². The zero-order chi connectivity index (χ0) is 41.5. The minimum Gasteiger partial charge on any atom is -0.368 e. The second-order valence-electron chi connectivity index (χ2n) is 15.3. The van der Waals surface area contributed by atoms with Gasteiger partial charge in [-0.15, -0.1) is 11.3 Å². The third-order valence-corrected chi connectivity index (χ3v) is 11.8. The molecule has 7 rings (SSSR count). The predicted octanol–water partition coefficient (Wildman–Crippen LogP) is 5.76. The van der Waals surface area contributed by atoms with Gasteiger partial charge in [0.05, 0.1) is 35.4 Å². The first-order valence-electron chi connectivity index (χ1n) is 20.2. The number of aryl methyl sites for hydroxylation is 2. The largest absolute Gasteiger partial charge is 0.368 e. The lowest BCUT2D eigenvalue weighted by Gasteiger charge is -2.35. The number of carbonyl (C=O) groups is 4. The molecule has 1 aliphatic carbocycles. The monoisotopic (exact) mass is 820 g/mol. The maximum atomic E-state index is 13.1. The highest BCUT2D eigenvalue weighted by molar-refractivity contribution is 7.15. The van der Waals surface area contributed by atoms with Gasteiger partial charge in [-0.25, -0.2) is 15.0 Å². The van der Waals surface area contributed by atoms with Crippen molar-refractivity contribution in [2.75, 3.05) is 74.2 Å². The first-order valence-corrected chi connectivity index (χ1v) is 21.0. The average Bonchev–Trinajstić information content (AvgIpc) is 3.96. The highest BCUT2D eigenvalue weighted by Gasteiger charge is 2.27. The van der Waals surface area contributed by atoms with Crippen LogP contribution in [0.25, 0.3) is 11.0 Å². The molecular formula is C42H52N12O4S. The fourth-order valence-corrected chi connectivity index (χ4v) is 8.32. The highest BCUT2D eigenvalue weighted by atomic mass is 32.1. The van der Waals surface area contributed by atoms with Gasteiger partial charge in [0.15, 0.2) is 5.13 Å². The molecule has 17 heteroatoms. The number of nitrogens with zero attached hydrogens (tertiary/aromatic N) is 8. The van der Waals surface area contributed by atoms with Crippen molar-refractivity contribution in [3.63, 3.8) is 0 Å². The molecule has 4 N–H and O–H groups in total. The van der Waals surface area contributed by atoms with Crippen molar-refractivity contribution in [2.24, 2.45) is 0 Å². The number of amides is 4. The maximum Gasteiger partial charge on any atom is 0.270 e. The van der Waals surface area contributed by atoms with E-state index in [0.717, 1.165) is 79.2 Å². The van der Waals surface area contributed by atoms with E-state index in [-0.39, 0.29) is 36.1 Å². The van der Waals surface area contributed by atoms with Crippen LogP contribution in [0.3, 0.4) is 0 Å². The summed E-state index contributed by atoms with van der Waals surface area (Å²) >= 11 is 1.41. The van der Waals surface area contributed by atoms with Gasteiger partial charge in [-0.2, -0.15) is 4.98 Å². The van der Waals surface area contributed by atoms with Crippen LogP contribution >= 0.6 is 11.3 Å². The third kappa shape index (κ3) is 10.2. The highest BCUT2D eigenvalue weighted by Crippen LogP contribution is 2.35. The van der Waals surface area contributed by atoms with Crippen LogP contribution in [0, 0.1) is 13.8 Å². The van der Waals surface area contributed by atoms with Gasteiger partial charge in [0.25, 0.3) is 11.8 Å². The molecule has 5 heterocycles. The van der Waals surface area contributed by atoms with Crippen LogP contribution in [-0.2, 0) is 9.59 Å². The Bertz CT molecular complexity index is 2270. The number of pyridine rings is 1. The van der Waals surface area contributed by atoms with Crippen LogP contribution in [0.4, 0.5) is 28.3 Å². The third-order valence-electron chi connectivity index (χ3n) is 10.8. The number of rotatable bonds is 15. The predicted molar refractivity (Wildman–Crippen MR) is 231 cm³/mol. The van der Waals surface area contributed by atoms with Crippen molar-refractivity contribution in [2.45, 2.75) is 64.8 Å². The molecule has 5 aromatic rings. The van der Waals surface area contributed by atoms with E-state index in [1.165, 1.54) is 11.3 Å². The van der Waals surface area contributed by atoms with E-state index in [1.807, 2.05) is 38.2 Å². The Labute approximate surface area is 347 Å². The molecule has 2 aliphatic rings. The SMILES string of the molecule is Cc1nc(NC(=O)c2ccccc2NC(=O)CCCCNC(=O)CN2CCN(c3ccc(Nc4ncc5cc(C(=O)N(C)C)n(C6CCCC6)c5n4)nc3)CC2)sc1C. The van der Waals surface area contributed by atoms with Gasteiger partial charge in [-0.1, -0.05) is 25.0 Å². The van der Waals surface area contributed by atoms with Crippen molar-refractivity contribution < 1.29 is 19.2 Å². The number of carbonyl (C=O) groups excluding carboxylic acids is 4. The number of benzene rings is 1. The Balaban J connectivity index is 0.815. The molecule has 59 heavy (non-hydrogen) atoms. The van der Waals surface area contributed by atoms with E-state index in [1.54, 1.807) is 49.5 Å². The minimum atomic E-state index is -0.333. The number of hydrogen-bond donors (Lipinski definition) is 4. The van der Waals surface area contributed by atoms with Gasteiger partial charge in [-0.3, -0.25) is 29.4 Å². The second-order valence-corrected chi connectivity index (χ2v) is 16.5. The van der Waals surface area contributed by atoms with Crippen LogP contribution in [0.2, 0.25) is 0 Å². The van der Waals surface area contributed by atoms with Gasteiger partial charge in [0.1, 0.15) is 17.2 Å². The van der Waals surface area contributed by atoms with Crippen molar-refractivity contribution in [1.29, 1.82) is 0 Å². The molecule has 310 valence electrons. The van der Waals surface area contributed by atoms with E-state index < -0.39 is 0 Å². The normalized spacial score (nSPS) is 14.7. The van der Waals surface area contributed by atoms with Crippen LogP contribution in [0.1, 0.15) is 82.4 Å². The Morgan fingerprint density at radius 2 is 1.66 bits per heavy atom. The lowest BCUT2D eigenvalue weighted by molar-refractivity contribution is -0.122. The van der Waals surface area contributed by atoms with Gasteiger partial charge >= 0.3 is 0 Å². The number of aromatic nitrogens is 5. The van der Waals surface area contributed by atoms with Crippen LogP contribution in [0.15, 0.2) is 54.9 Å². The van der Waals surface area contributed by atoms with Crippen LogP contribution < -0.4 is 26.2 Å². The second kappa shape index (κ2) is 18.8. The molecule has 1 aliphatic heterocycles. The molecule has 1 saturated heterocycles. The summed E-state index contributed by atoms with van der Waals surface area (Å²) in [7, 11) is 3.53. The van der Waals surface area contributed by atoms with Crippen LogP contribution in [0.5, 0.6) is 0 Å². The summed E-state index contributed by atoms with van der Waals surface area (Å²) in [5.74, 6) is 0.438. The molecular weight excluding hydrogens is 769 g/mol. The van der Waals surface area contributed by atoms with Gasteiger partial charge in [0.2, 0.25) is 17.8 Å². The number of nitrogens with one attached hydrogen (secondary N) is 4. The Kier molecular flexibility index (Phi) is 13.1. The quantitative estimate of drug-likeness (QED) is 0.0943. The Morgan fingerprint density at radius 1 is 0.881 bits per heavy atom. The Morgan fingerprint density at radius 3 is 2.37 bits per heavy atom. The zero-order valence-electron chi connectivity index (χ0n) is 34.1. The smallest absolute Gasteiger partial charge is 0.270 e. The summed E-state index contributed by atoms with van der Waals surface area (Å²) in [5, 5.41) is 13.3. The van der Waals surface area contributed by atoms with Crippen molar-refractivity contribution in [3.8, 4) is 0 Å². The molecule has 0 spiro atoms. The summed E-state index contributed by atoms with van der Waals surface area (Å²) in [6, 6.07) is 13.0.